The lowest BCUT2D eigenvalue weighted by molar-refractivity contribution is -0.141. The van der Waals surface area contributed by atoms with E-state index in [2.05, 4.69) is 12.6 Å². The molecule has 0 unspecified atom stereocenters. The molecule has 11 heavy (non-hydrogen) atoms. The average Bonchev–Trinajstić information content (AvgIpc) is 2.40. The summed E-state index contributed by atoms with van der Waals surface area (Å²) < 4.78 is 0. The number of carboxylic acid groups (broad SMARTS) is 1. The third-order valence-electron chi connectivity index (χ3n) is 2.04. The first kappa shape index (κ1) is 8.87. The fourth-order valence-corrected chi connectivity index (χ4v) is 1.79. The number of carbonyl (C=O) groups is 1. The van der Waals surface area contributed by atoms with Crippen molar-refractivity contribution < 1.29 is 9.90 Å². The quantitative estimate of drug-likeness (QED) is 0.612. The second-order valence-corrected chi connectivity index (χ2v) is 3.14. The smallest absolute Gasteiger partial charge is 0.321 e. The van der Waals surface area contributed by atoms with Crippen molar-refractivity contribution in [3.05, 3.63) is 0 Å². The molecule has 4 heteroatoms. The molecule has 1 fully saturated rings. The van der Waals surface area contributed by atoms with Gasteiger partial charge in [-0.15, -0.1) is 0 Å². The molecule has 0 radical (unpaired) electrons. The van der Waals surface area contributed by atoms with Crippen LogP contribution in [0.3, 0.4) is 0 Å². The van der Waals surface area contributed by atoms with Crippen LogP contribution < -0.4 is 0 Å². The Morgan fingerprint density at radius 3 is 2.45 bits per heavy atom. The number of rotatable bonds is 3. The van der Waals surface area contributed by atoms with Crippen molar-refractivity contribution >= 4 is 18.6 Å². The summed E-state index contributed by atoms with van der Waals surface area (Å²) in [5, 5.41) is 8.74. The molecule has 0 spiro atoms. The fourth-order valence-electron chi connectivity index (χ4n) is 1.40. The van der Waals surface area contributed by atoms with Crippen molar-refractivity contribution in [2.45, 2.75) is 18.9 Å². The highest BCUT2D eigenvalue weighted by molar-refractivity contribution is 7.80. The minimum absolute atomic E-state index is 0.374. The molecule has 0 aromatic carbocycles. The van der Waals surface area contributed by atoms with E-state index in [9.17, 15) is 4.79 Å². The highest BCUT2D eigenvalue weighted by Crippen LogP contribution is 2.12. The molecule has 0 bridgehead atoms. The normalized spacial score (nSPS) is 21.9. The molecular formula is C7H13NO2S. The van der Waals surface area contributed by atoms with Gasteiger partial charge < -0.3 is 5.11 Å². The number of thiol groups is 1. The van der Waals surface area contributed by atoms with Crippen molar-refractivity contribution in [1.29, 1.82) is 0 Å². The van der Waals surface area contributed by atoms with Crippen LogP contribution in [0.2, 0.25) is 0 Å². The Bertz CT molecular complexity index is 145. The number of aliphatic carboxylic acids is 1. The topological polar surface area (TPSA) is 40.5 Å². The van der Waals surface area contributed by atoms with E-state index < -0.39 is 5.97 Å². The third-order valence-corrected chi connectivity index (χ3v) is 2.39. The van der Waals surface area contributed by atoms with E-state index in [1.807, 2.05) is 4.90 Å². The van der Waals surface area contributed by atoms with Gasteiger partial charge >= 0.3 is 5.97 Å². The molecule has 1 aliphatic heterocycles. The van der Waals surface area contributed by atoms with Gasteiger partial charge in [0.1, 0.15) is 6.04 Å². The summed E-state index contributed by atoms with van der Waals surface area (Å²) >= 11 is 4.01. The molecule has 1 saturated heterocycles. The van der Waals surface area contributed by atoms with Gasteiger partial charge in [0.2, 0.25) is 0 Å². The highest BCUT2D eigenvalue weighted by Gasteiger charge is 2.25. The zero-order valence-corrected chi connectivity index (χ0v) is 7.26. The predicted octanol–water partition coefficient (Wildman–Crippen LogP) is 0.465. The van der Waals surface area contributed by atoms with Crippen molar-refractivity contribution in [2.75, 3.05) is 18.8 Å². The summed E-state index contributed by atoms with van der Waals surface area (Å²) in [4.78, 5) is 12.6. The van der Waals surface area contributed by atoms with E-state index in [1.165, 1.54) is 0 Å². The molecule has 0 saturated carbocycles. The molecule has 1 heterocycles. The van der Waals surface area contributed by atoms with Crippen LogP contribution in [0.15, 0.2) is 0 Å². The molecule has 0 aromatic heterocycles. The fraction of sp³-hybridized carbons (Fsp3) is 0.857. The number of hydrogen-bond donors (Lipinski definition) is 2. The number of hydrogen-bond acceptors (Lipinski definition) is 3. The lowest BCUT2D eigenvalue weighted by Crippen LogP contribution is -2.40. The Morgan fingerprint density at radius 1 is 1.55 bits per heavy atom. The van der Waals surface area contributed by atoms with Crippen LogP contribution in [0, 0.1) is 0 Å². The molecule has 0 aliphatic carbocycles. The SMILES string of the molecule is O=C(O)[C@H](CS)N1CCCC1. The van der Waals surface area contributed by atoms with E-state index >= 15 is 0 Å². The molecule has 1 aliphatic rings. The molecule has 1 rings (SSSR count). The maximum Gasteiger partial charge on any atom is 0.321 e. The van der Waals surface area contributed by atoms with E-state index in [0.717, 1.165) is 25.9 Å². The second-order valence-electron chi connectivity index (χ2n) is 2.78. The first-order valence-electron chi connectivity index (χ1n) is 3.83. The minimum Gasteiger partial charge on any atom is -0.480 e. The lowest BCUT2D eigenvalue weighted by atomic mass is 10.3. The van der Waals surface area contributed by atoms with E-state index in [1.54, 1.807) is 0 Å². The van der Waals surface area contributed by atoms with Crippen LogP contribution in [0.25, 0.3) is 0 Å². The maximum atomic E-state index is 10.6. The Labute approximate surface area is 71.8 Å². The van der Waals surface area contributed by atoms with E-state index in [-0.39, 0.29) is 6.04 Å². The summed E-state index contributed by atoms with van der Waals surface area (Å²) in [5.74, 6) is -0.336. The Balaban J connectivity index is 2.46. The summed E-state index contributed by atoms with van der Waals surface area (Å²) in [6, 6.07) is -0.374. The number of nitrogens with zero attached hydrogens (tertiary/aromatic N) is 1. The molecule has 3 nitrogen and oxygen atoms in total. The first-order chi connectivity index (χ1) is 5.25. The second kappa shape index (κ2) is 3.97. The van der Waals surface area contributed by atoms with Gasteiger partial charge in [0, 0.05) is 5.75 Å². The maximum absolute atomic E-state index is 10.6. The number of likely N-dealkylation sites (tertiary alicyclic amines) is 1. The van der Waals surface area contributed by atoms with Crippen LogP contribution in [-0.2, 0) is 4.79 Å². The van der Waals surface area contributed by atoms with Crippen LogP contribution in [0.1, 0.15) is 12.8 Å². The van der Waals surface area contributed by atoms with Crippen LogP contribution in [-0.4, -0.2) is 40.9 Å². The largest absolute Gasteiger partial charge is 0.480 e. The van der Waals surface area contributed by atoms with Crippen molar-refractivity contribution in [2.24, 2.45) is 0 Å². The predicted molar refractivity (Wildman–Crippen MR) is 46.1 cm³/mol. The zero-order chi connectivity index (χ0) is 8.27. The van der Waals surface area contributed by atoms with Gasteiger partial charge in [0.25, 0.3) is 0 Å². The standard InChI is InChI=1S/C7H13NO2S/c9-7(10)6(5-11)8-3-1-2-4-8/h6,11H,1-5H2,(H,9,10)/t6-/m0/s1. The van der Waals surface area contributed by atoms with Crippen LogP contribution in [0.4, 0.5) is 0 Å². The van der Waals surface area contributed by atoms with Crippen molar-refractivity contribution in [1.82, 2.24) is 4.90 Å². The van der Waals surface area contributed by atoms with E-state index in [0.29, 0.717) is 5.75 Å². The molecule has 0 amide bonds. The van der Waals surface area contributed by atoms with Gasteiger partial charge in [-0.1, -0.05) is 0 Å². The monoisotopic (exact) mass is 175 g/mol. The zero-order valence-electron chi connectivity index (χ0n) is 6.36. The summed E-state index contributed by atoms with van der Waals surface area (Å²) in [7, 11) is 0. The molecule has 1 atom stereocenters. The summed E-state index contributed by atoms with van der Waals surface area (Å²) in [6.07, 6.45) is 2.25. The third kappa shape index (κ3) is 2.10. The minimum atomic E-state index is -0.748. The van der Waals surface area contributed by atoms with Gasteiger partial charge in [-0.25, -0.2) is 0 Å². The van der Waals surface area contributed by atoms with E-state index in [4.69, 9.17) is 5.11 Å². The summed E-state index contributed by atoms with van der Waals surface area (Å²) in [6.45, 7) is 1.83. The van der Waals surface area contributed by atoms with Gasteiger partial charge in [-0.05, 0) is 25.9 Å². The lowest BCUT2D eigenvalue weighted by Gasteiger charge is -2.21. The van der Waals surface area contributed by atoms with Gasteiger partial charge in [-0.2, -0.15) is 12.6 Å². The molecular weight excluding hydrogens is 162 g/mol. The Kier molecular flexibility index (Phi) is 3.20. The first-order valence-corrected chi connectivity index (χ1v) is 4.46. The van der Waals surface area contributed by atoms with Crippen LogP contribution in [0.5, 0.6) is 0 Å². The molecule has 64 valence electrons. The average molecular weight is 175 g/mol. The molecule has 0 aromatic rings. The van der Waals surface area contributed by atoms with Gasteiger partial charge in [0.05, 0.1) is 0 Å². The Morgan fingerprint density at radius 2 is 2.09 bits per heavy atom. The number of carboxylic acids is 1. The van der Waals surface area contributed by atoms with Crippen molar-refractivity contribution in [3.63, 3.8) is 0 Å². The Hall–Kier alpha value is -0.220. The van der Waals surface area contributed by atoms with Crippen LogP contribution >= 0.6 is 12.6 Å². The highest BCUT2D eigenvalue weighted by atomic mass is 32.1. The van der Waals surface area contributed by atoms with Gasteiger partial charge in [0.15, 0.2) is 0 Å². The van der Waals surface area contributed by atoms with Gasteiger partial charge in [-0.3, -0.25) is 9.69 Å². The van der Waals surface area contributed by atoms with Crippen molar-refractivity contribution in [3.8, 4) is 0 Å². The molecule has 1 N–H and O–H groups in total. The summed E-state index contributed by atoms with van der Waals surface area (Å²) in [5.41, 5.74) is 0.